The third-order valence-electron chi connectivity index (χ3n) is 4.06. The van der Waals surface area contributed by atoms with E-state index in [0.29, 0.717) is 5.56 Å². The molecular weight excluding hydrogens is 392 g/mol. The fourth-order valence-electron chi connectivity index (χ4n) is 2.57. The number of esters is 1. The van der Waals surface area contributed by atoms with E-state index in [0.717, 1.165) is 0 Å². The Morgan fingerprint density at radius 3 is 2.17 bits per heavy atom. The fourth-order valence-corrected chi connectivity index (χ4v) is 2.57. The van der Waals surface area contributed by atoms with Gasteiger partial charge in [-0.05, 0) is 43.2 Å². The van der Waals surface area contributed by atoms with Crippen LogP contribution in [0.3, 0.4) is 0 Å². The molecule has 29 heavy (non-hydrogen) atoms. The van der Waals surface area contributed by atoms with E-state index in [1.165, 1.54) is 55.5 Å². The highest BCUT2D eigenvalue weighted by atomic mass is 19.4. The Morgan fingerprint density at radius 1 is 1.00 bits per heavy atom. The highest BCUT2D eigenvalue weighted by molar-refractivity contribution is 5.98. The molecule has 0 spiro atoms. The summed E-state index contributed by atoms with van der Waals surface area (Å²) in [5.41, 5.74) is -2.94. The van der Waals surface area contributed by atoms with E-state index in [2.05, 4.69) is 10.1 Å². The van der Waals surface area contributed by atoms with Crippen LogP contribution in [0.5, 0.6) is 0 Å². The van der Waals surface area contributed by atoms with E-state index in [-0.39, 0.29) is 25.1 Å². The van der Waals surface area contributed by atoms with Crippen LogP contribution in [0, 0.1) is 5.82 Å². The van der Waals surface area contributed by atoms with Crippen LogP contribution in [-0.4, -0.2) is 36.9 Å². The van der Waals surface area contributed by atoms with Crippen LogP contribution in [0.1, 0.15) is 22.8 Å². The summed E-state index contributed by atoms with van der Waals surface area (Å²) < 4.78 is 59.5. The number of carbonyl (C=O) groups excluding carboxylic acids is 2. The van der Waals surface area contributed by atoms with Gasteiger partial charge in [0.2, 0.25) is 0 Å². The predicted octanol–water partition coefficient (Wildman–Crippen LogP) is 3.21. The molecule has 0 heterocycles. The van der Waals surface area contributed by atoms with Crippen molar-refractivity contribution in [3.8, 4) is 0 Å². The summed E-state index contributed by atoms with van der Waals surface area (Å²) >= 11 is 0. The van der Waals surface area contributed by atoms with Gasteiger partial charge in [-0.2, -0.15) is 13.2 Å². The molecule has 2 aromatic carbocycles. The highest BCUT2D eigenvalue weighted by Gasteiger charge is 2.63. The van der Waals surface area contributed by atoms with E-state index in [1.807, 2.05) is 0 Å². The summed E-state index contributed by atoms with van der Waals surface area (Å²) in [4.78, 5) is 24.7. The van der Waals surface area contributed by atoms with Crippen molar-refractivity contribution < 1.29 is 31.9 Å². The lowest BCUT2D eigenvalue weighted by Crippen LogP contribution is -2.73. The Hall–Kier alpha value is -2.94. The first-order chi connectivity index (χ1) is 13.7. The van der Waals surface area contributed by atoms with Crippen molar-refractivity contribution in [2.45, 2.75) is 25.2 Å². The minimum atomic E-state index is -5.19. The number of ether oxygens (including phenoxy) is 1. The van der Waals surface area contributed by atoms with E-state index in [9.17, 15) is 27.2 Å². The van der Waals surface area contributed by atoms with Crippen LogP contribution in [0.2, 0.25) is 0 Å². The number of alkyl halides is 3. The Bertz CT molecular complexity index is 826. The van der Waals surface area contributed by atoms with Crippen LogP contribution in [-0.2, 0) is 16.0 Å². The van der Waals surface area contributed by atoms with E-state index in [4.69, 9.17) is 0 Å². The number of rotatable bonds is 8. The second-order valence-corrected chi connectivity index (χ2v) is 6.09. The van der Waals surface area contributed by atoms with E-state index < -0.39 is 29.5 Å². The lowest BCUT2D eigenvalue weighted by molar-refractivity contribution is -0.218. The first-order valence-corrected chi connectivity index (χ1v) is 8.80. The zero-order valence-corrected chi connectivity index (χ0v) is 15.6. The lowest BCUT2D eigenvalue weighted by Gasteiger charge is -2.34. The molecule has 0 aliphatic rings. The van der Waals surface area contributed by atoms with Gasteiger partial charge in [-0.15, -0.1) is 0 Å². The lowest BCUT2D eigenvalue weighted by atomic mass is 10.1. The molecule has 1 atom stereocenters. The topological polar surface area (TPSA) is 67.4 Å². The Labute approximate surface area is 165 Å². The number of halogens is 4. The predicted molar refractivity (Wildman–Crippen MR) is 97.4 cm³/mol. The Kier molecular flexibility index (Phi) is 7.33. The monoisotopic (exact) mass is 412 g/mol. The summed E-state index contributed by atoms with van der Waals surface area (Å²) in [6.45, 7) is 0.715. The molecule has 0 aromatic heterocycles. The van der Waals surface area contributed by atoms with Crippen LogP contribution in [0.25, 0.3) is 0 Å². The van der Waals surface area contributed by atoms with Crippen LogP contribution in [0.4, 0.5) is 17.6 Å². The SMILES string of the molecule is CCOC(=O)[C@@](NCCc1ccc(F)cc1)(NC(=O)c1ccccc1)C(F)(F)F. The van der Waals surface area contributed by atoms with Gasteiger partial charge in [-0.1, -0.05) is 30.3 Å². The van der Waals surface area contributed by atoms with Crippen LogP contribution >= 0.6 is 0 Å². The van der Waals surface area contributed by atoms with Gasteiger partial charge < -0.3 is 10.1 Å². The first kappa shape index (κ1) is 22.4. The maximum Gasteiger partial charge on any atom is 0.436 e. The van der Waals surface area contributed by atoms with Crippen molar-refractivity contribution in [1.29, 1.82) is 0 Å². The van der Waals surface area contributed by atoms with Gasteiger partial charge in [0.05, 0.1) is 6.61 Å². The molecule has 2 aromatic rings. The van der Waals surface area contributed by atoms with Crippen LogP contribution < -0.4 is 10.6 Å². The zero-order valence-electron chi connectivity index (χ0n) is 15.6. The molecule has 1 amide bonds. The number of hydrogen-bond acceptors (Lipinski definition) is 4. The maximum absolute atomic E-state index is 14.0. The molecule has 0 aliphatic carbocycles. The Balaban J connectivity index is 2.28. The van der Waals surface area contributed by atoms with Crippen molar-refractivity contribution in [2.75, 3.05) is 13.2 Å². The summed E-state index contributed by atoms with van der Waals surface area (Å²) in [6, 6.07) is 12.4. The molecule has 9 heteroatoms. The summed E-state index contributed by atoms with van der Waals surface area (Å²) in [6.07, 6.45) is -5.13. The van der Waals surface area contributed by atoms with Crippen molar-refractivity contribution in [2.24, 2.45) is 0 Å². The van der Waals surface area contributed by atoms with Gasteiger partial charge in [0.1, 0.15) is 5.82 Å². The third-order valence-corrected chi connectivity index (χ3v) is 4.06. The molecule has 5 nitrogen and oxygen atoms in total. The third kappa shape index (κ3) is 5.54. The summed E-state index contributed by atoms with van der Waals surface area (Å²) in [5, 5.41) is 3.85. The zero-order chi connectivity index (χ0) is 21.5. The smallest absolute Gasteiger partial charge is 0.436 e. The van der Waals surface area contributed by atoms with Gasteiger partial charge >= 0.3 is 12.1 Å². The molecule has 2 rings (SSSR count). The molecule has 0 aliphatic heterocycles. The molecule has 0 saturated carbocycles. The number of benzene rings is 2. The average molecular weight is 412 g/mol. The molecule has 156 valence electrons. The first-order valence-electron chi connectivity index (χ1n) is 8.80. The normalized spacial score (nSPS) is 13.4. The number of hydrogen-bond donors (Lipinski definition) is 2. The van der Waals surface area contributed by atoms with Crippen molar-refractivity contribution in [3.05, 3.63) is 71.5 Å². The molecule has 0 unspecified atom stereocenters. The van der Waals surface area contributed by atoms with Crippen molar-refractivity contribution >= 4 is 11.9 Å². The number of amides is 1. The maximum atomic E-state index is 14.0. The molecule has 0 fully saturated rings. The van der Waals surface area contributed by atoms with Crippen molar-refractivity contribution in [3.63, 3.8) is 0 Å². The summed E-state index contributed by atoms with van der Waals surface area (Å²) in [7, 11) is 0. The summed E-state index contributed by atoms with van der Waals surface area (Å²) in [5.74, 6) is -3.24. The van der Waals surface area contributed by atoms with Gasteiger partial charge in [0, 0.05) is 12.1 Å². The van der Waals surface area contributed by atoms with Gasteiger partial charge in [-0.25, -0.2) is 9.18 Å². The second kappa shape index (κ2) is 9.51. The molecular formula is C20H20F4N2O3. The quantitative estimate of drug-likeness (QED) is 0.397. The average Bonchev–Trinajstić information content (AvgIpc) is 2.68. The fraction of sp³-hybridized carbons (Fsp3) is 0.300. The van der Waals surface area contributed by atoms with Crippen LogP contribution in [0.15, 0.2) is 54.6 Å². The minimum absolute atomic E-state index is 0.0502. The molecule has 0 saturated heterocycles. The van der Waals surface area contributed by atoms with Gasteiger partial charge in [0.25, 0.3) is 11.6 Å². The molecule has 0 bridgehead atoms. The van der Waals surface area contributed by atoms with E-state index in [1.54, 1.807) is 11.4 Å². The highest BCUT2D eigenvalue weighted by Crippen LogP contribution is 2.30. The number of carbonyl (C=O) groups is 2. The van der Waals surface area contributed by atoms with Gasteiger partial charge in [0.15, 0.2) is 0 Å². The molecule has 2 N–H and O–H groups in total. The molecule has 0 radical (unpaired) electrons. The number of nitrogens with one attached hydrogen (secondary N) is 2. The van der Waals surface area contributed by atoms with E-state index >= 15 is 0 Å². The minimum Gasteiger partial charge on any atom is -0.463 e. The second-order valence-electron chi connectivity index (χ2n) is 6.09. The largest absolute Gasteiger partial charge is 0.463 e. The van der Waals surface area contributed by atoms with Crippen molar-refractivity contribution in [1.82, 2.24) is 10.6 Å². The standard InChI is InChI=1S/C20H20F4N2O3/c1-2-29-18(28)19(20(22,23)24,26-17(27)15-6-4-3-5-7-15)25-13-12-14-8-10-16(21)11-9-14/h3-11,25H,2,12-13H2,1H3,(H,26,27)/t19-/m1/s1. The van der Waals surface area contributed by atoms with Gasteiger partial charge in [-0.3, -0.25) is 10.1 Å². The Morgan fingerprint density at radius 2 is 1.62 bits per heavy atom.